The van der Waals surface area contributed by atoms with Crippen molar-refractivity contribution in [3.05, 3.63) is 44.3 Å². The SMILES string of the molecule is CN1CCCC1.O=[N+]([O-])c1cc(SNc2ccc(C(F)(F)F)c(O)c2)sc1Cl. The van der Waals surface area contributed by atoms with Gasteiger partial charge in [0.1, 0.15) is 5.75 Å². The lowest BCUT2D eigenvalue weighted by Gasteiger charge is -2.10. The van der Waals surface area contributed by atoms with Crippen LogP contribution in [0.25, 0.3) is 0 Å². The maximum atomic E-state index is 12.5. The van der Waals surface area contributed by atoms with Gasteiger partial charge in [0.25, 0.3) is 5.69 Å². The molecule has 6 nitrogen and oxygen atoms in total. The molecule has 0 amide bonds. The van der Waals surface area contributed by atoms with E-state index in [4.69, 9.17) is 11.6 Å². The Balaban J connectivity index is 0.000000397. The molecule has 0 aliphatic carbocycles. The first kappa shape index (κ1) is 22.6. The molecule has 0 spiro atoms. The summed E-state index contributed by atoms with van der Waals surface area (Å²) in [6.07, 6.45) is -1.81. The van der Waals surface area contributed by atoms with E-state index in [1.165, 1.54) is 32.0 Å². The second-order valence-electron chi connectivity index (χ2n) is 5.93. The van der Waals surface area contributed by atoms with Crippen LogP contribution in [0.15, 0.2) is 28.5 Å². The molecule has 0 unspecified atom stereocenters. The number of thiophene rings is 1. The van der Waals surface area contributed by atoms with Crippen molar-refractivity contribution >= 4 is 46.3 Å². The number of rotatable bonds is 4. The summed E-state index contributed by atoms with van der Waals surface area (Å²) >= 11 is 7.58. The van der Waals surface area contributed by atoms with Crippen LogP contribution in [0.4, 0.5) is 24.5 Å². The summed E-state index contributed by atoms with van der Waals surface area (Å²) in [7, 11) is 2.17. The lowest BCUT2D eigenvalue weighted by Crippen LogP contribution is -2.10. The molecule has 1 aromatic carbocycles. The van der Waals surface area contributed by atoms with Gasteiger partial charge in [-0.15, -0.1) is 11.3 Å². The Bertz CT molecular complexity index is 827. The van der Waals surface area contributed by atoms with Crippen LogP contribution in [0.3, 0.4) is 0 Å². The average Bonchev–Trinajstić information content (AvgIpc) is 3.21. The van der Waals surface area contributed by atoms with Crippen LogP contribution in [-0.4, -0.2) is 35.1 Å². The van der Waals surface area contributed by atoms with Crippen molar-refractivity contribution in [1.29, 1.82) is 0 Å². The zero-order valence-electron chi connectivity index (χ0n) is 14.6. The summed E-state index contributed by atoms with van der Waals surface area (Å²) in [5.74, 6) is -0.909. The van der Waals surface area contributed by atoms with E-state index in [0.29, 0.717) is 4.21 Å². The second kappa shape index (κ2) is 9.68. The summed E-state index contributed by atoms with van der Waals surface area (Å²) in [6, 6.07) is 4.04. The van der Waals surface area contributed by atoms with Gasteiger partial charge in [0.2, 0.25) is 0 Å². The molecule has 2 heterocycles. The molecule has 1 aliphatic heterocycles. The molecule has 2 N–H and O–H groups in total. The quantitative estimate of drug-likeness (QED) is 0.341. The smallest absolute Gasteiger partial charge is 0.419 e. The molecule has 0 atom stereocenters. The van der Waals surface area contributed by atoms with E-state index in [1.807, 2.05) is 0 Å². The first-order chi connectivity index (χ1) is 13.1. The van der Waals surface area contributed by atoms with E-state index >= 15 is 0 Å². The largest absolute Gasteiger partial charge is 0.507 e. The number of anilines is 1. The van der Waals surface area contributed by atoms with Crippen LogP contribution in [0.2, 0.25) is 4.34 Å². The van der Waals surface area contributed by atoms with E-state index in [0.717, 1.165) is 41.5 Å². The molecule has 0 saturated carbocycles. The standard InChI is InChI=1S/C11H6ClF3N2O3S2.C5H11N/c12-10-7(17(19)20)4-9(21-10)22-16-5-1-2-6(8(18)3-5)11(13,14)15;1-6-4-2-3-5-6/h1-4,16,18H;2-5H2,1H3. The molecular formula is C16H17ClF3N3O3S2. The Morgan fingerprint density at radius 2 is 1.96 bits per heavy atom. The van der Waals surface area contributed by atoms with Crippen molar-refractivity contribution in [3.8, 4) is 5.75 Å². The fourth-order valence-electron chi connectivity index (χ4n) is 2.33. The summed E-state index contributed by atoms with van der Waals surface area (Å²) in [4.78, 5) is 12.4. The maximum absolute atomic E-state index is 12.5. The molecule has 1 fully saturated rings. The van der Waals surface area contributed by atoms with Gasteiger partial charge in [-0.1, -0.05) is 11.6 Å². The van der Waals surface area contributed by atoms with E-state index in [1.54, 1.807) is 0 Å². The van der Waals surface area contributed by atoms with Gasteiger partial charge in [0.15, 0.2) is 4.34 Å². The molecule has 3 rings (SSSR count). The van der Waals surface area contributed by atoms with Gasteiger partial charge in [-0.3, -0.25) is 10.1 Å². The van der Waals surface area contributed by atoms with E-state index < -0.39 is 22.4 Å². The van der Waals surface area contributed by atoms with Gasteiger partial charge in [0, 0.05) is 17.8 Å². The topological polar surface area (TPSA) is 78.6 Å². The van der Waals surface area contributed by atoms with E-state index in [2.05, 4.69) is 16.7 Å². The second-order valence-corrected chi connectivity index (χ2v) is 8.69. The van der Waals surface area contributed by atoms with Gasteiger partial charge in [-0.2, -0.15) is 13.2 Å². The monoisotopic (exact) mass is 455 g/mol. The van der Waals surface area contributed by atoms with Gasteiger partial charge in [0.05, 0.1) is 14.7 Å². The number of phenols is 1. The Morgan fingerprint density at radius 3 is 2.39 bits per heavy atom. The number of halogens is 4. The zero-order chi connectivity index (χ0) is 20.9. The third-order valence-electron chi connectivity index (χ3n) is 3.75. The number of aromatic hydroxyl groups is 1. The van der Waals surface area contributed by atoms with Gasteiger partial charge < -0.3 is 14.7 Å². The number of phenolic OH excluding ortho intramolecular Hbond substituents is 1. The van der Waals surface area contributed by atoms with Crippen molar-refractivity contribution in [2.45, 2.75) is 23.2 Å². The number of benzene rings is 1. The number of likely N-dealkylation sites (tertiary alicyclic amines) is 1. The highest BCUT2D eigenvalue weighted by molar-refractivity contribution is 8.02. The van der Waals surface area contributed by atoms with Crippen LogP contribution < -0.4 is 4.72 Å². The lowest BCUT2D eigenvalue weighted by molar-refractivity contribution is -0.384. The predicted molar refractivity (Wildman–Crippen MR) is 105 cm³/mol. The Labute approximate surface area is 172 Å². The molecule has 0 bridgehead atoms. The first-order valence-corrected chi connectivity index (χ1v) is 10.0. The highest BCUT2D eigenvalue weighted by Crippen LogP contribution is 2.40. The third kappa shape index (κ3) is 6.43. The zero-order valence-corrected chi connectivity index (χ0v) is 17.0. The van der Waals surface area contributed by atoms with E-state index in [-0.39, 0.29) is 15.7 Å². The molecule has 2 aromatic rings. The minimum atomic E-state index is -4.64. The minimum Gasteiger partial charge on any atom is -0.507 e. The Morgan fingerprint density at radius 1 is 1.32 bits per heavy atom. The van der Waals surface area contributed by atoms with Crippen LogP contribution in [0.1, 0.15) is 18.4 Å². The van der Waals surface area contributed by atoms with E-state index in [9.17, 15) is 28.4 Å². The number of nitrogens with zero attached hydrogens (tertiary/aromatic N) is 2. The summed E-state index contributed by atoms with van der Waals surface area (Å²) in [6.45, 7) is 2.64. The summed E-state index contributed by atoms with van der Waals surface area (Å²) in [5.41, 5.74) is -1.17. The molecule has 12 heteroatoms. The molecule has 1 aromatic heterocycles. The number of hydrogen-bond donors (Lipinski definition) is 2. The summed E-state index contributed by atoms with van der Waals surface area (Å²) < 4.78 is 40.6. The molecular weight excluding hydrogens is 439 g/mol. The van der Waals surface area contributed by atoms with Gasteiger partial charge in [-0.05, 0) is 57.1 Å². The van der Waals surface area contributed by atoms with Crippen molar-refractivity contribution in [2.75, 3.05) is 24.9 Å². The van der Waals surface area contributed by atoms with Crippen LogP contribution in [-0.2, 0) is 6.18 Å². The van der Waals surface area contributed by atoms with Crippen molar-refractivity contribution in [2.24, 2.45) is 0 Å². The highest BCUT2D eigenvalue weighted by Gasteiger charge is 2.33. The Kier molecular flexibility index (Phi) is 7.81. The fraction of sp³-hybridized carbons (Fsp3) is 0.375. The van der Waals surface area contributed by atoms with Crippen LogP contribution in [0, 0.1) is 10.1 Å². The molecule has 0 radical (unpaired) electrons. The number of hydrogen-bond acceptors (Lipinski definition) is 7. The van der Waals surface area contributed by atoms with Gasteiger partial charge >= 0.3 is 6.18 Å². The molecule has 154 valence electrons. The third-order valence-corrected chi connectivity index (χ3v) is 6.03. The highest BCUT2D eigenvalue weighted by atomic mass is 35.5. The van der Waals surface area contributed by atoms with Crippen molar-refractivity contribution in [3.63, 3.8) is 0 Å². The molecule has 28 heavy (non-hydrogen) atoms. The van der Waals surface area contributed by atoms with Crippen LogP contribution >= 0.6 is 34.9 Å². The lowest BCUT2D eigenvalue weighted by atomic mass is 10.2. The Hall–Kier alpha value is -1.69. The van der Waals surface area contributed by atoms with Gasteiger partial charge in [-0.25, -0.2) is 0 Å². The summed E-state index contributed by atoms with van der Waals surface area (Å²) in [5, 5.41) is 20.0. The maximum Gasteiger partial charge on any atom is 0.419 e. The normalized spacial score (nSPS) is 14.5. The van der Waals surface area contributed by atoms with Crippen molar-refractivity contribution < 1.29 is 23.2 Å². The average molecular weight is 456 g/mol. The number of alkyl halides is 3. The van der Waals surface area contributed by atoms with Crippen LogP contribution in [0.5, 0.6) is 5.75 Å². The minimum absolute atomic E-state index is 0.00423. The first-order valence-electron chi connectivity index (χ1n) is 8.03. The molecule has 1 saturated heterocycles. The van der Waals surface area contributed by atoms with Crippen molar-refractivity contribution in [1.82, 2.24) is 4.90 Å². The molecule has 1 aliphatic rings. The predicted octanol–water partition coefficient (Wildman–Crippen LogP) is 5.87. The number of nitro groups is 1. The number of nitrogens with one attached hydrogen (secondary N) is 1. The fourth-order valence-corrected chi connectivity index (χ4v) is 4.49.